The number of carbonyl (C=O) groups excluding carboxylic acids is 2. The third kappa shape index (κ3) is 4.46. The molecule has 0 bridgehead atoms. The van der Waals surface area contributed by atoms with Crippen molar-refractivity contribution < 1.29 is 18.7 Å². The molecule has 4 heteroatoms. The number of methoxy groups -OCH3 is 1. The normalized spacial score (nSPS) is 8.73. The van der Waals surface area contributed by atoms with Crippen molar-refractivity contribution in [1.82, 2.24) is 0 Å². The fourth-order valence-corrected chi connectivity index (χ4v) is 0.781. The van der Waals surface area contributed by atoms with Gasteiger partial charge in [0.05, 0.1) is 5.56 Å². The van der Waals surface area contributed by atoms with Gasteiger partial charge in [0.15, 0.2) is 12.6 Å². The van der Waals surface area contributed by atoms with Gasteiger partial charge in [0.1, 0.15) is 5.82 Å². The maximum atomic E-state index is 12.6. The summed E-state index contributed by atoms with van der Waals surface area (Å²) < 4.78 is 17.2. The highest BCUT2D eigenvalue weighted by Crippen LogP contribution is 2.08. The highest BCUT2D eigenvalue weighted by atomic mass is 19.1. The molecule has 1 rings (SSSR count). The minimum absolute atomic E-state index is 0.0833. The molecule has 3 nitrogen and oxygen atoms in total. The van der Waals surface area contributed by atoms with Crippen molar-refractivity contribution in [2.24, 2.45) is 0 Å². The second-order valence-electron chi connectivity index (χ2n) is 2.56. The van der Waals surface area contributed by atoms with Crippen LogP contribution in [0.4, 0.5) is 4.39 Å². The van der Waals surface area contributed by atoms with Crippen molar-refractivity contribution in [3.05, 3.63) is 35.1 Å². The Kier molecular flexibility index (Phi) is 7.01. The van der Waals surface area contributed by atoms with Crippen molar-refractivity contribution in [3.63, 3.8) is 0 Å². The first-order chi connectivity index (χ1) is 7.21. The Labute approximate surface area is 87.9 Å². The van der Waals surface area contributed by atoms with Gasteiger partial charge in [0, 0.05) is 19.3 Å². The van der Waals surface area contributed by atoms with Crippen LogP contribution in [0.1, 0.15) is 27.6 Å². The lowest BCUT2D eigenvalue weighted by Crippen LogP contribution is -1.94. The summed E-state index contributed by atoms with van der Waals surface area (Å²) in [6.45, 7) is 2.78. The standard InChI is InChI=1S/C8H5FO2.C3H8O/c9-8-3-1-2-6(4-10)7(8)5-11;1-3-4-2/h1-5H;3H2,1-2H3. The van der Waals surface area contributed by atoms with Gasteiger partial charge in [0.25, 0.3) is 0 Å². The van der Waals surface area contributed by atoms with E-state index < -0.39 is 5.82 Å². The number of carbonyl (C=O) groups is 2. The van der Waals surface area contributed by atoms with Gasteiger partial charge in [-0.15, -0.1) is 0 Å². The van der Waals surface area contributed by atoms with Crippen LogP contribution in [-0.4, -0.2) is 26.3 Å². The summed E-state index contributed by atoms with van der Waals surface area (Å²) >= 11 is 0. The predicted octanol–water partition coefficient (Wildman–Crippen LogP) is 2.10. The summed E-state index contributed by atoms with van der Waals surface area (Å²) in [4.78, 5) is 20.4. The van der Waals surface area contributed by atoms with E-state index in [1.807, 2.05) is 6.92 Å². The maximum Gasteiger partial charge on any atom is 0.153 e. The Morgan fingerprint density at radius 2 is 1.93 bits per heavy atom. The van der Waals surface area contributed by atoms with E-state index in [-0.39, 0.29) is 11.1 Å². The molecule has 0 aliphatic rings. The Hall–Kier alpha value is -1.55. The van der Waals surface area contributed by atoms with Crippen LogP contribution >= 0.6 is 0 Å². The second-order valence-corrected chi connectivity index (χ2v) is 2.56. The van der Waals surface area contributed by atoms with Gasteiger partial charge in [-0.2, -0.15) is 0 Å². The number of ether oxygens (including phenoxy) is 1. The summed E-state index contributed by atoms with van der Waals surface area (Å²) in [5, 5.41) is 0. The molecule has 0 N–H and O–H groups in total. The average Bonchev–Trinajstić information content (AvgIpc) is 2.29. The highest BCUT2D eigenvalue weighted by molar-refractivity contribution is 5.90. The molecular weight excluding hydrogens is 199 g/mol. The first-order valence-electron chi connectivity index (χ1n) is 4.39. The van der Waals surface area contributed by atoms with E-state index >= 15 is 0 Å². The molecule has 0 amide bonds. The quantitative estimate of drug-likeness (QED) is 0.720. The van der Waals surface area contributed by atoms with E-state index in [1.54, 1.807) is 7.11 Å². The number of hydrogen-bond donors (Lipinski definition) is 0. The molecule has 0 heterocycles. The Bertz CT molecular complexity index is 322. The lowest BCUT2D eigenvalue weighted by atomic mass is 10.1. The number of hydrogen-bond acceptors (Lipinski definition) is 3. The molecule has 0 aliphatic carbocycles. The molecule has 0 saturated heterocycles. The van der Waals surface area contributed by atoms with Gasteiger partial charge in [-0.3, -0.25) is 9.59 Å². The molecule has 0 atom stereocenters. The van der Waals surface area contributed by atoms with Crippen LogP contribution in [0.15, 0.2) is 18.2 Å². The molecule has 15 heavy (non-hydrogen) atoms. The van der Waals surface area contributed by atoms with Crippen LogP contribution in [-0.2, 0) is 4.74 Å². The Morgan fingerprint density at radius 1 is 1.33 bits per heavy atom. The molecule has 0 saturated carbocycles. The monoisotopic (exact) mass is 212 g/mol. The molecular formula is C11H13FO3. The predicted molar refractivity (Wildman–Crippen MR) is 54.7 cm³/mol. The van der Waals surface area contributed by atoms with Crippen LogP contribution < -0.4 is 0 Å². The first-order valence-corrected chi connectivity index (χ1v) is 4.39. The summed E-state index contributed by atoms with van der Waals surface area (Å²) in [6.07, 6.45) is 0.784. The number of benzene rings is 1. The van der Waals surface area contributed by atoms with Crippen molar-refractivity contribution >= 4 is 12.6 Å². The van der Waals surface area contributed by atoms with Gasteiger partial charge in [0.2, 0.25) is 0 Å². The third-order valence-electron chi connectivity index (χ3n) is 1.62. The fourth-order valence-electron chi connectivity index (χ4n) is 0.781. The summed E-state index contributed by atoms with van der Waals surface area (Å²) in [6, 6.07) is 3.91. The minimum atomic E-state index is -0.662. The summed E-state index contributed by atoms with van der Waals surface area (Å²) in [7, 11) is 1.68. The van der Waals surface area contributed by atoms with Crippen molar-refractivity contribution in [2.45, 2.75) is 6.92 Å². The first kappa shape index (κ1) is 13.4. The number of aldehydes is 2. The van der Waals surface area contributed by atoms with E-state index in [9.17, 15) is 14.0 Å². The van der Waals surface area contributed by atoms with Crippen LogP contribution in [0.25, 0.3) is 0 Å². The van der Waals surface area contributed by atoms with Crippen molar-refractivity contribution in [2.75, 3.05) is 13.7 Å². The average molecular weight is 212 g/mol. The molecule has 0 fully saturated rings. The molecule has 0 aliphatic heterocycles. The van der Waals surface area contributed by atoms with E-state index in [4.69, 9.17) is 0 Å². The SMILES string of the molecule is CCOC.O=Cc1cccc(F)c1C=O. The molecule has 0 aromatic heterocycles. The molecule has 1 aromatic rings. The Balaban J connectivity index is 0.000000423. The topological polar surface area (TPSA) is 43.4 Å². The minimum Gasteiger partial charge on any atom is -0.385 e. The van der Waals surface area contributed by atoms with Crippen molar-refractivity contribution in [1.29, 1.82) is 0 Å². The van der Waals surface area contributed by atoms with Gasteiger partial charge in [-0.1, -0.05) is 12.1 Å². The van der Waals surface area contributed by atoms with E-state index in [0.717, 1.165) is 12.7 Å². The van der Waals surface area contributed by atoms with E-state index in [2.05, 4.69) is 4.74 Å². The van der Waals surface area contributed by atoms with Gasteiger partial charge in [-0.05, 0) is 13.0 Å². The molecule has 0 radical (unpaired) electrons. The van der Waals surface area contributed by atoms with E-state index in [0.29, 0.717) is 12.6 Å². The van der Waals surface area contributed by atoms with Crippen LogP contribution in [0, 0.1) is 5.82 Å². The third-order valence-corrected chi connectivity index (χ3v) is 1.62. The number of rotatable bonds is 3. The Morgan fingerprint density at radius 3 is 2.27 bits per heavy atom. The highest BCUT2D eigenvalue weighted by Gasteiger charge is 2.04. The largest absolute Gasteiger partial charge is 0.385 e. The van der Waals surface area contributed by atoms with Gasteiger partial charge < -0.3 is 4.74 Å². The molecule has 0 spiro atoms. The summed E-state index contributed by atoms with van der Waals surface area (Å²) in [5.74, 6) is -0.662. The van der Waals surface area contributed by atoms with Crippen LogP contribution in [0.3, 0.4) is 0 Å². The van der Waals surface area contributed by atoms with Crippen molar-refractivity contribution in [3.8, 4) is 0 Å². The number of halogens is 1. The fraction of sp³-hybridized carbons (Fsp3) is 0.273. The van der Waals surface area contributed by atoms with Gasteiger partial charge in [-0.25, -0.2) is 4.39 Å². The maximum absolute atomic E-state index is 12.6. The zero-order valence-electron chi connectivity index (χ0n) is 8.70. The zero-order valence-corrected chi connectivity index (χ0v) is 8.70. The molecule has 82 valence electrons. The lowest BCUT2D eigenvalue weighted by Gasteiger charge is -1.95. The molecule has 1 aromatic carbocycles. The molecule has 0 unspecified atom stereocenters. The smallest absolute Gasteiger partial charge is 0.153 e. The van der Waals surface area contributed by atoms with Gasteiger partial charge >= 0.3 is 0 Å². The lowest BCUT2D eigenvalue weighted by molar-refractivity contribution is 0.109. The summed E-state index contributed by atoms with van der Waals surface area (Å²) in [5.41, 5.74) is -0.0949. The second kappa shape index (κ2) is 7.82. The van der Waals surface area contributed by atoms with E-state index in [1.165, 1.54) is 12.1 Å². The zero-order chi connectivity index (χ0) is 11.7. The van der Waals surface area contributed by atoms with Crippen LogP contribution in [0.2, 0.25) is 0 Å². The van der Waals surface area contributed by atoms with Crippen LogP contribution in [0.5, 0.6) is 0 Å².